The second kappa shape index (κ2) is 7.34. The van der Waals surface area contributed by atoms with Crippen LogP contribution < -0.4 is 0 Å². The predicted octanol–water partition coefficient (Wildman–Crippen LogP) is 1.62. The van der Waals surface area contributed by atoms with Crippen LogP contribution in [0.1, 0.15) is 29.4 Å². The van der Waals surface area contributed by atoms with Crippen molar-refractivity contribution in [2.45, 2.75) is 19.8 Å². The summed E-state index contributed by atoms with van der Waals surface area (Å²) in [6.07, 6.45) is 1.59. The molecule has 2 fully saturated rings. The third kappa shape index (κ3) is 3.45. The van der Waals surface area contributed by atoms with Crippen molar-refractivity contribution in [1.82, 2.24) is 9.80 Å². The highest BCUT2D eigenvalue weighted by molar-refractivity contribution is 7.12. The lowest BCUT2D eigenvalue weighted by molar-refractivity contribution is -0.152. The van der Waals surface area contributed by atoms with Crippen LogP contribution in [-0.4, -0.2) is 60.4 Å². The van der Waals surface area contributed by atoms with E-state index in [1.807, 2.05) is 11.4 Å². The maximum absolute atomic E-state index is 12.6. The summed E-state index contributed by atoms with van der Waals surface area (Å²) in [5.41, 5.74) is 0. The Kier molecular flexibility index (Phi) is 5.18. The Morgan fingerprint density at radius 3 is 2.62 bits per heavy atom. The van der Waals surface area contributed by atoms with Gasteiger partial charge in [-0.25, -0.2) is 0 Å². The van der Waals surface area contributed by atoms with Crippen LogP contribution in [0.25, 0.3) is 0 Å². The molecule has 0 spiro atoms. The molecule has 2 aliphatic heterocycles. The second-order valence-corrected chi connectivity index (χ2v) is 7.21. The number of amides is 2. The first kappa shape index (κ1) is 17.0. The Balaban J connectivity index is 1.51. The number of ether oxygens (including phenoxy) is 1. The number of nitrogens with zero attached hydrogens (tertiary/aromatic N) is 2. The summed E-state index contributed by atoms with van der Waals surface area (Å²) >= 11 is 1.42. The van der Waals surface area contributed by atoms with Gasteiger partial charge in [-0.2, -0.15) is 0 Å². The number of carbonyl (C=O) groups excluding carboxylic acids is 3. The molecule has 2 amide bonds. The number of hydrogen-bond acceptors (Lipinski definition) is 5. The molecule has 1 unspecified atom stereocenters. The van der Waals surface area contributed by atoms with Gasteiger partial charge < -0.3 is 14.5 Å². The van der Waals surface area contributed by atoms with E-state index in [1.54, 1.807) is 22.8 Å². The van der Waals surface area contributed by atoms with E-state index >= 15 is 0 Å². The Bertz CT molecular complexity index is 610. The molecule has 0 saturated carbocycles. The molecule has 0 aromatic carbocycles. The van der Waals surface area contributed by atoms with E-state index in [-0.39, 0.29) is 29.6 Å². The largest absolute Gasteiger partial charge is 0.466 e. The van der Waals surface area contributed by atoms with E-state index in [9.17, 15) is 14.4 Å². The highest BCUT2D eigenvalue weighted by atomic mass is 32.1. The molecule has 6 nitrogen and oxygen atoms in total. The zero-order valence-corrected chi connectivity index (χ0v) is 14.6. The second-order valence-electron chi connectivity index (χ2n) is 6.26. The van der Waals surface area contributed by atoms with Crippen molar-refractivity contribution < 1.29 is 19.1 Å². The summed E-state index contributed by atoms with van der Waals surface area (Å²) in [6, 6.07) is 3.65. The summed E-state index contributed by atoms with van der Waals surface area (Å²) < 4.78 is 5.07. The highest BCUT2D eigenvalue weighted by Crippen LogP contribution is 2.25. The number of rotatable bonds is 4. The first-order chi connectivity index (χ1) is 11.6. The highest BCUT2D eigenvalue weighted by Gasteiger charge is 2.40. The molecule has 7 heteroatoms. The minimum Gasteiger partial charge on any atom is -0.466 e. The molecule has 24 heavy (non-hydrogen) atoms. The van der Waals surface area contributed by atoms with Gasteiger partial charge in [0.15, 0.2) is 0 Å². The van der Waals surface area contributed by atoms with E-state index in [0.717, 1.165) is 12.8 Å². The van der Waals surface area contributed by atoms with Crippen molar-refractivity contribution in [2.75, 3.05) is 32.8 Å². The van der Waals surface area contributed by atoms with E-state index in [4.69, 9.17) is 4.74 Å². The normalized spacial score (nSPS) is 21.3. The number of esters is 1. The van der Waals surface area contributed by atoms with E-state index in [2.05, 4.69) is 0 Å². The average Bonchev–Trinajstić information content (AvgIpc) is 3.08. The number of piperidine rings is 1. The summed E-state index contributed by atoms with van der Waals surface area (Å²) in [5.74, 6) is -0.518. The van der Waals surface area contributed by atoms with E-state index in [0.29, 0.717) is 37.7 Å². The van der Waals surface area contributed by atoms with Crippen molar-refractivity contribution in [3.8, 4) is 0 Å². The molecule has 2 aliphatic rings. The molecule has 0 bridgehead atoms. The molecule has 1 atom stereocenters. The van der Waals surface area contributed by atoms with Crippen molar-refractivity contribution in [3.63, 3.8) is 0 Å². The number of thiophene rings is 1. The molecule has 0 aliphatic carbocycles. The maximum Gasteiger partial charge on any atom is 0.310 e. The fourth-order valence-corrected chi connectivity index (χ4v) is 3.94. The Morgan fingerprint density at radius 2 is 1.96 bits per heavy atom. The van der Waals surface area contributed by atoms with Gasteiger partial charge in [0.2, 0.25) is 5.91 Å². The first-order valence-electron chi connectivity index (χ1n) is 8.38. The zero-order valence-electron chi connectivity index (χ0n) is 13.8. The lowest BCUT2D eigenvalue weighted by Gasteiger charge is -2.42. The number of likely N-dealkylation sites (tertiary alicyclic amines) is 2. The topological polar surface area (TPSA) is 66.9 Å². The van der Waals surface area contributed by atoms with Crippen LogP contribution in [0.2, 0.25) is 0 Å². The third-order valence-electron chi connectivity index (χ3n) is 4.60. The van der Waals surface area contributed by atoms with Gasteiger partial charge in [0, 0.05) is 26.2 Å². The van der Waals surface area contributed by atoms with E-state index < -0.39 is 0 Å². The van der Waals surface area contributed by atoms with E-state index in [1.165, 1.54) is 11.3 Å². The van der Waals surface area contributed by atoms with Gasteiger partial charge in [-0.3, -0.25) is 14.4 Å². The minimum absolute atomic E-state index is 0.00269. The van der Waals surface area contributed by atoms with Gasteiger partial charge in [-0.15, -0.1) is 11.3 Å². The first-order valence-corrected chi connectivity index (χ1v) is 9.26. The average molecular weight is 350 g/mol. The van der Waals surface area contributed by atoms with Crippen LogP contribution in [0.15, 0.2) is 17.5 Å². The lowest BCUT2D eigenvalue weighted by Crippen LogP contribution is -2.57. The van der Waals surface area contributed by atoms with Crippen LogP contribution in [0.4, 0.5) is 0 Å². The predicted molar refractivity (Wildman–Crippen MR) is 89.6 cm³/mol. The Hall–Kier alpha value is -1.89. The molecular formula is C17H22N2O4S. The standard InChI is InChI=1S/C17H22N2O4S/c1-2-23-17(22)12-5-3-7-18(9-12)15(20)13-10-19(11-13)16(21)14-6-4-8-24-14/h4,6,8,12-13H,2-3,5,7,9-11H2,1H3. The van der Waals surface area contributed by atoms with Gasteiger partial charge >= 0.3 is 5.97 Å². The molecule has 2 saturated heterocycles. The van der Waals surface area contributed by atoms with Gasteiger partial charge in [-0.1, -0.05) is 6.07 Å². The van der Waals surface area contributed by atoms with Crippen molar-refractivity contribution >= 4 is 29.1 Å². The Morgan fingerprint density at radius 1 is 1.21 bits per heavy atom. The van der Waals surface area contributed by atoms with Crippen molar-refractivity contribution in [1.29, 1.82) is 0 Å². The van der Waals surface area contributed by atoms with Gasteiger partial charge in [0.1, 0.15) is 0 Å². The van der Waals surface area contributed by atoms with Gasteiger partial charge in [0.05, 0.1) is 23.3 Å². The number of carbonyl (C=O) groups is 3. The molecule has 1 aromatic heterocycles. The Labute approximate surface area is 145 Å². The van der Waals surface area contributed by atoms with Crippen LogP contribution >= 0.6 is 11.3 Å². The molecule has 130 valence electrons. The van der Waals surface area contributed by atoms with Crippen molar-refractivity contribution in [3.05, 3.63) is 22.4 Å². The molecule has 1 aromatic rings. The summed E-state index contributed by atoms with van der Waals surface area (Å²) in [5, 5.41) is 1.87. The zero-order chi connectivity index (χ0) is 17.1. The summed E-state index contributed by atoms with van der Waals surface area (Å²) in [7, 11) is 0. The molecule has 3 heterocycles. The monoisotopic (exact) mass is 350 g/mol. The van der Waals surface area contributed by atoms with Crippen LogP contribution in [0, 0.1) is 11.8 Å². The minimum atomic E-state index is -0.216. The molecule has 0 N–H and O–H groups in total. The van der Waals surface area contributed by atoms with Crippen LogP contribution in [0.3, 0.4) is 0 Å². The SMILES string of the molecule is CCOC(=O)C1CCCN(C(=O)C2CN(C(=O)c3cccs3)C2)C1. The summed E-state index contributed by atoms with van der Waals surface area (Å²) in [4.78, 5) is 40.9. The van der Waals surface area contributed by atoms with Gasteiger partial charge in [0.25, 0.3) is 5.91 Å². The lowest BCUT2D eigenvalue weighted by atomic mass is 9.93. The molecule has 0 radical (unpaired) electrons. The quantitative estimate of drug-likeness (QED) is 0.774. The number of hydrogen-bond donors (Lipinski definition) is 0. The van der Waals surface area contributed by atoms with Gasteiger partial charge in [-0.05, 0) is 31.2 Å². The van der Waals surface area contributed by atoms with Crippen LogP contribution in [-0.2, 0) is 14.3 Å². The smallest absolute Gasteiger partial charge is 0.310 e. The maximum atomic E-state index is 12.6. The molecule has 3 rings (SSSR count). The van der Waals surface area contributed by atoms with Crippen LogP contribution in [0.5, 0.6) is 0 Å². The van der Waals surface area contributed by atoms with Crippen molar-refractivity contribution in [2.24, 2.45) is 11.8 Å². The fourth-order valence-electron chi connectivity index (χ4n) is 3.24. The summed E-state index contributed by atoms with van der Waals surface area (Å²) in [6.45, 7) is 4.21. The molecular weight excluding hydrogens is 328 g/mol. The third-order valence-corrected chi connectivity index (χ3v) is 5.46. The fraction of sp³-hybridized carbons (Fsp3) is 0.588.